The summed E-state index contributed by atoms with van der Waals surface area (Å²) < 4.78 is 11.1. The second-order valence-corrected chi connectivity index (χ2v) is 8.05. The van der Waals surface area contributed by atoms with Gasteiger partial charge in [0.15, 0.2) is 5.76 Å². The van der Waals surface area contributed by atoms with Crippen LogP contribution >= 0.6 is 0 Å². The summed E-state index contributed by atoms with van der Waals surface area (Å²) in [6, 6.07) is 15.9. The molecule has 1 aliphatic heterocycles. The third kappa shape index (κ3) is 3.48. The summed E-state index contributed by atoms with van der Waals surface area (Å²) in [7, 11) is 1.63. The van der Waals surface area contributed by atoms with Crippen LogP contribution in [0.15, 0.2) is 52.9 Å². The van der Waals surface area contributed by atoms with Crippen molar-refractivity contribution in [1.82, 2.24) is 9.88 Å². The first kappa shape index (κ1) is 19.4. The number of fused-ring (bicyclic) bond motifs is 2. The van der Waals surface area contributed by atoms with E-state index in [0.717, 1.165) is 35.1 Å². The van der Waals surface area contributed by atoms with Crippen molar-refractivity contribution in [3.05, 3.63) is 65.4 Å². The van der Waals surface area contributed by atoms with Crippen molar-refractivity contribution >= 4 is 33.6 Å². The first-order chi connectivity index (χ1) is 15.0. The quantitative estimate of drug-likeness (QED) is 0.491. The van der Waals surface area contributed by atoms with Crippen molar-refractivity contribution in [2.45, 2.75) is 13.8 Å². The number of carbonyl (C=O) groups is 1. The summed E-state index contributed by atoms with van der Waals surface area (Å²) in [4.78, 5) is 21.9. The molecule has 0 aliphatic carbocycles. The van der Waals surface area contributed by atoms with E-state index in [9.17, 15) is 4.79 Å². The fraction of sp³-hybridized carbons (Fsp3) is 0.280. The Balaban J connectivity index is 1.35. The number of hydrogen-bond donors (Lipinski definition) is 0. The van der Waals surface area contributed by atoms with E-state index in [4.69, 9.17) is 9.15 Å². The van der Waals surface area contributed by atoms with Crippen LogP contribution in [-0.4, -0.2) is 49.1 Å². The third-order valence-electron chi connectivity index (χ3n) is 6.21. The molecule has 0 spiro atoms. The van der Waals surface area contributed by atoms with E-state index >= 15 is 0 Å². The van der Waals surface area contributed by atoms with Gasteiger partial charge in [0.25, 0.3) is 5.91 Å². The zero-order valence-electron chi connectivity index (χ0n) is 18.0. The molecule has 2 aromatic heterocycles. The summed E-state index contributed by atoms with van der Waals surface area (Å²) >= 11 is 0. The van der Waals surface area contributed by atoms with Crippen molar-refractivity contribution in [2.24, 2.45) is 0 Å². The van der Waals surface area contributed by atoms with E-state index in [1.807, 2.05) is 29.2 Å². The SMILES string of the molecule is COc1ccc2cc3cc(C(=O)N4CCN(c5cccc(C)c5C)CC4)oc3nc2c1. The lowest BCUT2D eigenvalue weighted by molar-refractivity contribution is 0.0717. The van der Waals surface area contributed by atoms with E-state index in [1.165, 1.54) is 16.8 Å². The minimum absolute atomic E-state index is 0.0831. The standard InChI is InChI=1S/C25H25N3O3/c1-16-5-4-6-22(17(16)2)27-9-11-28(12-10-27)25(29)23-14-19-13-18-7-8-20(30-3)15-21(18)26-24(19)31-23/h4-8,13-15H,9-12H2,1-3H3. The van der Waals surface area contributed by atoms with E-state index in [1.54, 1.807) is 13.2 Å². The first-order valence-corrected chi connectivity index (χ1v) is 10.5. The molecular formula is C25H25N3O3. The number of nitrogens with zero attached hydrogens (tertiary/aromatic N) is 3. The Morgan fingerprint density at radius 1 is 1.00 bits per heavy atom. The molecule has 0 N–H and O–H groups in total. The molecule has 158 valence electrons. The minimum Gasteiger partial charge on any atom is -0.497 e. The number of carbonyl (C=O) groups excluding carboxylic acids is 1. The molecule has 1 saturated heterocycles. The molecule has 0 bridgehead atoms. The summed E-state index contributed by atoms with van der Waals surface area (Å²) in [5, 5.41) is 1.81. The van der Waals surface area contributed by atoms with E-state index in [0.29, 0.717) is 24.6 Å². The van der Waals surface area contributed by atoms with E-state index in [-0.39, 0.29) is 5.91 Å². The normalized spacial score (nSPS) is 14.4. The van der Waals surface area contributed by atoms with Crippen LogP contribution in [-0.2, 0) is 0 Å². The fourth-order valence-electron chi connectivity index (χ4n) is 4.22. The van der Waals surface area contributed by atoms with Gasteiger partial charge in [0.05, 0.1) is 12.6 Å². The van der Waals surface area contributed by atoms with Gasteiger partial charge in [-0.1, -0.05) is 12.1 Å². The second-order valence-electron chi connectivity index (χ2n) is 8.05. The molecule has 6 nitrogen and oxygen atoms in total. The lowest BCUT2D eigenvalue weighted by Crippen LogP contribution is -2.49. The van der Waals surface area contributed by atoms with E-state index in [2.05, 4.69) is 41.9 Å². The second kappa shape index (κ2) is 7.61. The Bertz CT molecular complexity index is 1290. The van der Waals surface area contributed by atoms with Crippen molar-refractivity contribution in [2.75, 3.05) is 38.2 Å². The zero-order valence-corrected chi connectivity index (χ0v) is 18.0. The van der Waals surface area contributed by atoms with Gasteiger partial charge in [0.1, 0.15) is 5.75 Å². The molecular weight excluding hydrogens is 390 g/mol. The third-order valence-corrected chi connectivity index (χ3v) is 6.21. The number of benzene rings is 2. The number of anilines is 1. The number of aromatic nitrogens is 1. The number of rotatable bonds is 3. The van der Waals surface area contributed by atoms with Crippen molar-refractivity contribution in [3.8, 4) is 5.75 Å². The maximum Gasteiger partial charge on any atom is 0.289 e. The van der Waals surface area contributed by atoms with Gasteiger partial charge in [0.2, 0.25) is 5.71 Å². The topological polar surface area (TPSA) is 58.8 Å². The van der Waals surface area contributed by atoms with Crippen LogP contribution in [0.2, 0.25) is 0 Å². The number of piperazine rings is 1. The molecule has 0 saturated carbocycles. The molecule has 0 unspecified atom stereocenters. The lowest BCUT2D eigenvalue weighted by atomic mass is 10.1. The average Bonchev–Trinajstić information content (AvgIpc) is 3.21. The summed E-state index contributed by atoms with van der Waals surface area (Å²) in [6.45, 7) is 7.22. The van der Waals surface area contributed by atoms with Gasteiger partial charge < -0.3 is 19.0 Å². The summed E-state index contributed by atoms with van der Waals surface area (Å²) in [5.41, 5.74) is 5.09. The molecule has 1 amide bonds. The van der Waals surface area contributed by atoms with Crippen molar-refractivity contribution in [3.63, 3.8) is 0 Å². The number of hydrogen-bond acceptors (Lipinski definition) is 5. The Hall–Kier alpha value is -3.54. The van der Waals surface area contributed by atoms with Crippen LogP contribution in [0, 0.1) is 13.8 Å². The van der Waals surface area contributed by atoms with Crippen LogP contribution in [0.3, 0.4) is 0 Å². The van der Waals surface area contributed by atoms with Crippen LogP contribution in [0.1, 0.15) is 21.7 Å². The lowest BCUT2D eigenvalue weighted by Gasteiger charge is -2.36. The van der Waals surface area contributed by atoms with Gasteiger partial charge in [-0.3, -0.25) is 4.79 Å². The Morgan fingerprint density at radius 3 is 2.58 bits per heavy atom. The molecule has 1 aliphatic rings. The number of pyridine rings is 1. The maximum absolute atomic E-state index is 13.1. The van der Waals surface area contributed by atoms with Crippen LogP contribution in [0.25, 0.3) is 22.0 Å². The predicted octanol–water partition coefficient (Wildman–Crippen LogP) is 4.57. The Kier molecular flexibility index (Phi) is 4.77. The highest BCUT2D eigenvalue weighted by Gasteiger charge is 2.25. The highest BCUT2D eigenvalue weighted by molar-refractivity contribution is 5.98. The van der Waals surface area contributed by atoms with Crippen molar-refractivity contribution in [1.29, 1.82) is 0 Å². The van der Waals surface area contributed by atoms with Gasteiger partial charge >= 0.3 is 0 Å². The number of aryl methyl sites for hydroxylation is 1. The predicted molar refractivity (Wildman–Crippen MR) is 122 cm³/mol. The Morgan fingerprint density at radius 2 is 1.81 bits per heavy atom. The first-order valence-electron chi connectivity index (χ1n) is 10.5. The summed E-state index contributed by atoms with van der Waals surface area (Å²) in [6.07, 6.45) is 0. The highest BCUT2D eigenvalue weighted by atomic mass is 16.5. The zero-order chi connectivity index (χ0) is 21.5. The van der Waals surface area contributed by atoms with Gasteiger partial charge in [-0.25, -0.2) is 4.98 Å². The van der Waals surface area contributed by atoms with Crippen molar-refractivity contribution < 1.29 is 13.9 Å². The minimum atomic E-state index is -0.0831. The van der Waals surface area contributed by atoms with Gasteiger partial charge in [0, 0.05) is 48.7 Å². The maximum atomic E-state index is 13.1. The molecule has 1 fully saturated rings. The average molecular weight is 415 g/mol. The molecule has 0 atom stereocenters. The molecule has 3 heterocycles. The molecule has 2 aromatic carbocycles. The fourth-order valence-corrected chi connectivity index (χ4v) is 4.22. The summed E-state index contributed by atoms with van der Waals surface area (Å²) in [5.74, 6) is 0.995. The largest absolute Gasteiger partial charge is 0.497 e. The van der Waals surface area contributed by atoms with Crippen LogP contribution < -0.4 is 9.64 Å². The molecule has 0 radical (unpaired) electrons. The van der Waals surface area contributed by atoms with Gasteiger partial charge in [-0.15, -0.1) is 0 Å². The van der Waals surface area contributed by atoms with E-state index < -0.39 is 0 Å². The number of furan rings is 1. The van der Waals surface area contributed by atoms with Gasteiger partial charge in [-0.05, 0) is 55.3 Å². The monoisotopic (exact) mass is 415 g/mol. The molecule has 4 aromatic rings. The Labute approximate surface area is 181 Å². The molecule has 6 heteroatoms. The smallest absolute Gasteiger partial charge is 0.289 e. The number of methoxy groups -OCH3 is 1. The number of amides is 1. The highest BCUT2D eigenvalue weighted by Crippen LogP contribution is 2.27. The van der Waals surface area contributed by atoms with Gasteiger partial charge in [-0.2, -0.15) is 0 Å². The van der Waals surface area contributed by atoms with Crippen LogP contribution in [0.4, 0.5) is 5.69 Å². The molecule has 5 rings (SSSR count). The number of ether oxygens (including phenoxy) is 1. The van der Waals surface area contributed by atoms with Crippen LogP contribution in [0.5, 0.6) is 5.75 Å². The molecule has 31 heavy (non-hydrogen) atoms.